The lowest BCUT2D eigenvalue weighted by molar-refractivity contribution is -0.0954. The van der Waals surface area contributed by atoms with Crippen LogP contribution >= 0.6 is 0 Å². The number of hydrogen-bond donors (Lipinski definition) is 2. The fourth-order valence-electron chi connectivity index (χ4n) is 2.48. The van der Waals surface area contributed by atoms with E-state index in [1.807, 2.05) is 20.8 Å². The quantitative estimate of drug-likeness (QED) is 0.880. The number of benzene rings is 1. The van der Waals surface area contributed by atoms with Gasteiger partial charge in [0.05, 0.1) is 5.60 Å². The summed E-state index contributed by atoms with van der Waals surface area (Å²) in [5, 5.41) is 13.2. The monoisotopic (exact) mass is 294 g/mol. The molecule has 4 nitrogen and oxygen atoms in total. The molecule has 1 aromatic carbocycles. The molecule has 0 spiro atoms. The maximum atomic E-state index is 12.8. The molecule has 0 bridgehead atoms. The molecule has 2 rings (SSSR count). The van der Waals surface area contributed by atoms with Gasteiger partial charge in [0.2, 0.25) is 0 Å². The number of carbonyl (C=O) groups is 1. The van der Waals surface area contributed by atoms with Crippen molar-refractivity contribution in [3.8, 4) is 0 Å². The number of urea groups is 1. The highest BCUT2D eigenvalue weighted by atomic mass is 19.1. The average Bonchev–Trinajstić information content (AvgIpc) is 2.41. The zero-order valence-corrected chi connectivity index (χ0v) is 12.8. The van der Waals surface area contributed by atoms with Gasteiger partial charge in [-0.2, -0.15) is 0 Å². The molecule has 1 aromatic rings. The minimum atomic E-state index is -0.763. The molecule has 1 saturated heterocycles. The predicted molar refractivity (Wildman–Crippen MR) is 79.2 cm³/mol. The largest absolute Gasteiger partial charge is 0.389 e. The summed E-state index contributed by atoms with van der Waals surface area (Å²) in [5.41, 5.74) is -0.257. The van der Waals surface area contributed by atoms with Gasteiger partial charge in [-0.15, -0.1) is 0 Å². The second kappa shape index (κ2) is 5.64. The van der Waals surface area contributed by atoms with Crippen molar-refractivity contribution in [2.45, 2.75) is 39.3 Å². The molecule has 116 valence electrons. The van der Waals surface area contributed by atoms with Crippen LogP contribution in [0.2, 0.25) is 0 Å². The van der Waals surface area contributed by atoms with Gasteiger partial charge in [-0.05, 0) is 31.0 Å². The van der Waals surface area contributed by atoms with Crippen molar-refractivity contribution in [2.75, 3.05) is 13.1 Å². The minimum Gasteiger partial charge on any atom is -0.389 e. The van der Waals surface area contributed by atoms with Crippen LogP contribution in [0.4, 0.5) is 9.18 Å². The number of rotatable bonds is 2. The van der Waals surface area contributed by atoms with Crippen LogP contribution in [0.1, 0.15) is 32.8 Å². The summed E-state index contributed by atoms with van der Waals surface area (Å²) in [6, 6.07) is 5.91. The van der Waals surface area contributed by atoms with Crippen molar-refractivity contribution in [1.29, 1.82) is 0 Å². The molecule has 1 aliphatic rings. The van der Waals surface area contributed by atoms with Gasteiger partial charge in [0.1, 0.15) is 5.82 Å². The number of nitrogens with zero attached hydrogens (tertiary/aromatic N) is 1. The third-order valence-corrected chi connectivity index (χ3v) is 4.56. The van der Waals surface area contributed by atoms with E-state index in [0.29, 0.717) is 26.1 Å². The molecule has 0 saturated carbocycles. The Morgan fingerprint density at radius 1 is 1.33 bits per heavy atom. The van der Waals surface area contributed by atoms with Crippen molar-refractivity contribution in [3.05, 3.63) is 35.6 Å². The van der Waals surface area contributed by atoms with E-state index in [1.54, 1.807) is 17.0 Å². The van der Waals surface area contributed by atoms with Crippen molar-refractivity contribution < 1.29 is 14.3 Å². The summed E-state index contributed by atoms with van der Waals surface area (Å²) in [5.74, 6) is -0.287. The molecule has 2 amide bonds. The molecule has 0 aliphatic carbocycles. The SMILES string of the molecule is CC1(C)CN(C(=O)NCc2ccc(F)cc2)CC[C@@]1(C)O. The minimum absolute atomic E-state index is 0.150. The summed E-state index contributed by atoms with van der Waals surface area (Å²) in [6.45, 7) is 7.16. The van der Waals surface area contributed by atoms with Gasteiger partial charge < -0.3 is 15.3 Å². The van der Waals surface area contributed by atoms with Crippen LogP contribution < -0.4 is 5.32 Å². The van der Waals surface area contributed by atoms with Crippen LogP contribution in [-0.2, 0) is 6.54 Å². The lowest BCUT2D eigenvalue weighted by Gasteiger charge is -2.48. The zero-order valence-electron chi connectivity index (χ0n) is 12.8. The Balaban J connectivity index is 1.91. The Hall–Kier alpha value is -1.62. The average molecular weight is 294 g/mol. The molecule has 2 N–H and O–H groups in total. The Morgan fingerprint density at radius 3 is 2.52 bits per heavy atom. The van der Waals surface area contributed by atoms with E-state index in [9.17, 15) is 14.3 Å². The Morgan fingerprint density at radius 2 is 1.95 bits per heavy atom. The fraction of sp³-hybridized carbons (Fsp3) is 0.562. The maximum absolute atomic E-state index is 12.8. The molecule has 5 heteroatoms. The molecule has 0 radical (unpaired) electrons. The summed E-state index contributed by atoms with van der Waals surface area (Å²) in [6.07, 6.45) is 0.559. The van der Waals surface area contributed by atoms with Gasteiger partial charge in [0.15, 0.2) is 0 Å². The Labute approximate surface area is 125 Å². The van der Waals surface area contributed by atoms with Gasteiger partial charge in [-0.1, -0.05) is 26.0 Å². The molecular formula is C16H23FN2O2. The summed E-state index contributed by atoms with van der Waals surface area (Å²) in [7, 11) is 0. The van der Waals surface area contributed by atoms with E-state index in [4.69, 9.17) is 0 Å². The van der Waals surface area contributed by atoms with Crippen LogP contribution in [0.5, 0.6) is 0 Å². The number of nitrogens with one attached hydrogen (secondary N) is 1. The van der Waals surface area contributed by atoms with Crippen molar-refractivity contribution in [2.24, 2.45) is 5.41 Å². The number of carbonyl (C=O) groups excluding carboxylic acids is 1. The topological polar surface area (TPSA) is 52.6 Å². The number of piperidine rings is 1. The van der Waals surface area contributed by atoms with Crippen molar-refractivity contribution in [1.82, 2.24) is 10.2 Å². The smallest absolute Gasteiger partial charge is 0.317 e. The first-order valence-electron chi connectivity index (χ1n) is 7.21. The lowest BCUT2D eigenvalue weighted by atomic mass is 9.71. The van der Waals surface area contributed by atoms with Gasteiger partial charge in [-0.3, -0.25) is 0 Å². The summed E-state index contributed by atoms with van der Waals surface area (Å²) >= 11 is 0. The van der Waals surface area contributed by atoms with Crippen LogP contribution in [-0.4, -0.2) is 34.7 Å². The highest BCUT2D eigenvalue weighted by molar-refractivity contribution is 5.74. The fourth-order valence-corrected chi connectivity index (χ4v) is 2.48. The number of likely N-dealkylation sites (tertiary alicyclic amines) is 1. The summed E-state index contributed by atoms with van der Waals surface area (Å²) < 4.78 is 12.8. The van der Waals surface area contributed by atoms with E-state index in [-0.39, 0.29) is 17.3 Å². The summed E-state index contributed by atoms with van der Waals surface area (Å²) in [4.78, 5) is 13.9. The van der Waals surface area contributed by atoms with Gasteiger partial charge in [0.25, 0.3) is 0 Å². The van der Waals surface area contributed by atoms with E-state index >= 15 is 0 Å². The van der Waals surface area contributed by atoms with Crippen LogP contribution in [0.15, 0.2) is 24.3 Å². The van der Waals surface area contributed by atoms with Crippen LogP contribution in [0.25, 0.3) is 0 Å². The van der Waals surface area contributed by atoms with E-state index in [0.717, 1.165) is 5.56 Å². The molecule has 1 heterocycles. The maximum Gasteiger partial charge on any atom is 0.317 e. The second-order valence-electron chi connectivity index (χ2n) is 6.61. The van der Waals surface area contributed by atoms with E-state index < -0.39 is 5.60 Å². The third kappa shape index (κ3) is 3.53. The molecule has 1 aliphatic heterocycles. The van der Waals surface area contributed by atoms with Crippen LogP contribution in [0.3, 0.4) is 0 Å². The number of hydrogen-bond acceptors (Lipinski definition) is 2. The number of amides is 2. The standard InChI is InChI=1S/C16H23FN2O2/c1-15(2)11-19(9-8-16(15,3)21)14(20)18-10-12-4-6-13(17)7-5-12/h4-7,21H,8-11H2,1-3H3,(H,18,20)/t16-/m1/s1. The van der Waals surface area contributed by atoms with Gasteiger partial charge in [0, 0.05) is 25.0 Å². The molecule has 0 unspecified atom stereocenters. The Bertz CT molecular complexity index is 512. The first-order valence-corrected chi connectivity index (χ1v) is 7.21. The first kappa shape index (κ1) is 15.8. The van der Waals surface area contributed by atoms with Gasteiger partial charge >= 0.3 is 6.03 Å². The number of halogens is 1. The predicted octanol–water partition coefficient (Wildman–Crippen LogP) is 2.52. The highest BCUT2D eigenvalue weighted by Crippen LogP contribution is 2.38. The normalized spacial score (nSPS) is 24.7. The van der Waals surface area contributed by atoms with Crippen LogP contribution in [0, 0.1) is 11.2 Å². The zero-order chi connectivity index (χ0) is 15.7. The Kier molecular flexibility index (Phi) is 4.23. The first-order chi connectivity index (χ1) is 9.71. The van der Waals surface area contributed by atoms with Crippen molar-refractivity contribution >= 4 is 6.03 Å². The lowest BCUT2D eigenvalue weighted by Crippen LogP contribution is -2.58. The molecule has 0 aromatic heterocycles. The molecule has 21 heavy (non-hydrogen) atoms. The molecule has 1 fully saturated rings. The van der Waals surface area contributed by atoms with Crippen molar-refractivity contribution in [3.63, 3.8) is 0 Å². The molecular weight excluding hydrogens is 271 g/mol. The van der Waals surface area contributed by atoms with E-state index in [1.165, 1.54) is 12.1 Å². The van der Waals surface area contributed by atoms with E-state index in [2.05, 4.69) is 5.32 Å². The highest BCUT2D eigenvalue weighted by Gasteiger charge is 2.45. The molecule has 1 atom stereocenters. The second-order valence-corrected chi connectivity index (χ2v) is 6.61. The number of aliphatic hydroxyl groups is 1. The van der Waals surface area contributed by atoms with Gasteiger partial charge in [-0.25, -0.2) is 9.18 Å². The third-order valence-electron chi connectivity index (χ3n) is 4.56.